The normalized spacial score (nSPS) is 13.7. The molecule has 0 bridgehead atoms. The van der Waals surface area contributed by atoms with E-state index in [0.29, 0.717) is 54.9 Å². The molecule has 38 heavy (non-hydrogen) atoms. The molecular formula is C29H36N4O5. The number of amides is 1. The van der Waals surface area contributed by atoms with Crippen LogP contribution in [0.25, 0.3) is 11.3 Å². The smallest absolute Gasteiger partial charge is 0.260 e. The first kappa shape index (κ1) is 27.0. The zero-order chi connectivity index (χ0) is 27.3. The van der Waals surface area contributed by atoms with Crippen LogP contribution in [0.5, 0.6) is 23.0 Å². The number of ether oxygens (including phenoxy) is 4. The quantitative estimate of drug-likeness (QED) is 0.437. The first-order valence-electron chi connectivity index (χ1n) is 12.6. The Morgan fingerprint density at radius 2 is 1.47 bits per heavy atom. The maximum atomic E-state index is 12.7. The molecule has 1 aromatic heterocycles. The third kappa shape index (κ3) is 6.10. The number of hydrogen-bond acceptors (Lipinski definition) is 8. The Kier molecular flexibility index (Phi) is 8.24. The Morgan fingerprint density at radius 1 is 0.842 bits per heavy atom. The molecule has 1 aliphatic heterocycles. The molecule has 0 saturated carbocycles. The van der Waals surface area contributed by atoms with Crippen molar-refractivity contribution in [1.82, 2.24) is 15.1 Å². The summed E-state index contributed by atoms with van der Waals surface area (Å²) in [5.74, 6) is 3.09. The van der Waals surface area contributed by atoms with Crippen LogP contribution in [0.4, 0.5) is 5.82 Å². The van der Waals surface area contributed by atoms with Gasteiger partial charge in [0.15, 0.2) is 23.9 Å². The predicted octanol–water partition coefficient (Wildman–Crippen LogP) is 4.19. The molecule has 3 aromatic rings. The highest BCUT2D eigenvalue weighted by Gasteiger charge is 2.23. The van der Waals surface area contributed by atoms with Crippen molar-refractivity contribution in [3.8, 4) is 34.3 Å². The molecule has 0 spiro atoms. The van der Waals surface area contributed by atoms with E-state index < -0.39 is 0 Å². The Balaban J connectivity index is 1.32. The third-order valence-corrected chi connectivity index (χ3v) is 6.65. The fourth-order valence-electron chi connectivity index (χ4n) is 4.35. The molecule has 1 fully saturated rings. The molecule has 4 rings (SSSR count). The van der Waals surface area contributed by atoms with Gasteiger partial charge in [-0.3, -0.25) is 4.79 Å². The summed E-state index contributed by atoms with van der Waals surface area (Å²) in [6.07, 6.45) is 0. The lowest BCUT2D eigenvalue weighted by Crippen LogP contribution is -2.50. The lowest BCUT2D eigenvalue weighted by molar-refractivity contribution is -0.133. The van der Waals surface area contributed by atoms with Crippen molar-refractivity contribution in [3.05, 3.63) is 54.1 Å². The number of methoxy groups -OCH3 is 3. The van der Waals surface area contributed by atoms with E-state index in [1.54, 1.807) is 21.3 Å². The van der Waals surface area contributed by atoms with Gasteiger partial charge >= 0.3 is 0 Å². The van der Waals surface area contributed by atoms with Gasteiger partial charge in [-0.05, 0) is 47.4 Å². The number of anilines is 1. The second-order valence-electron chi connectivity index (χ2n) is 10.1. The summed E-state index contributed by atoms with van der Waals surface area (Å²) in [4.78, 5) is 16.7. The molecule has 9 nitrogen and oxygen atoms in total. The molecule has 1 saturated heterocycles. The lowest BCUT2D eigenvalue weighted by Gasteiger charge is -2.35. The zero-order valence-electron chi connectivity index (χ0n) is 23.0. The van der Waals surface area contributed by atoms with Crippen LogP contribution in [-0.4, -0.2) is 75.1 Å². The van der Waals surface area contributed by atoms with Crippen molar-refractivity contribution in [3.63, 3.8) is 0 Å². The van der Waals surface area contributed by atoms with Gasteiger partial charge in [-0.1, -0.05) is 32.9 Å². The number of aromatic nitrogens is 2. The summed E-state index contributed by atoms with van der Waals surface area (Å²) in [6, 6.07) is 15.5. The van der Waals surface area contributed by atoms with Gasteiger partial charge in [0.05, 0.1) is 27.0 Å². The van der Waals surface area contributed by atoms with Crippen molar-refractivity contribution < 1.29 is 23.7 Å². The maximum Gasteiger partial charge on any atom is 0.260 e. The van der Waals surface area contributed by atoms with Crippen LogP contribution in [-0.2, 0) is 10.2 Å². The molecule has 2 heterocycles. The molecule has 0 N–H and O–H groups in total. The molecule has 2 aromatic carbocycles. The van der Waals surface area contributed by atoms with Crippen molar-refractivity contribution >= 4 is 11.7 Å². The minimum atomic E-state index is -0.0200. The van der Waals surface area contributed by atoms with Crippen molar-refractivity contribution in [2.45, 2.75) is 26.2 Å². The lowest BCUT2D eigenvalue weighted by atomic mass is 9.87. The monoisotopic (exact) mass is 520 g/mol. The largest absolute Gasteiger partial charge is 0.493 e. The van der Waals surface area contributed by atoms with E-state index in [1.807, 2.05) is 53.4 Å². The number of carbonyl (C=O) groups is 1. The topological polar surface area (TPSA) is 86.3 Å². The molecule has 0 unspecified atom stereocenters. The summed E-state index contributed by atoms with van der Waals surface area (Å²) in [6.45, 7) is 9.07. The van der Waals surface area contributed by atoms with E-state index in [-0.39, 0.29) is 17.9 Å². The van der Waals surface area contributed by atoms with Crippen LogP contribution in [0, 0.1) is 0 Å². The highest BCUT2D eigenvalue weighted by molar-refractivity contribution is 5.78. The number of hydrogen-bond donors (Lipinski definition) is 0. The molecule has 0 radical (unpaired) electrons. The van der Waals surface area contributed by atoms with E-state index in [1.165, 1.54) is 5.56 Å². The number of nitrogens with zero attached hydrogens (tertiary/aromatic N) is 4. The molecule has 0 atom stereocenters. The van der Waals surface area contributed by atoms with Crippen LogP contribution in [0.1, 0.15) is 26.3 Å². The summed E-state index contributed by atoms with van der Waals surface area (Å²) >= 11 is 0. The Labute approximate surface area is 224 Å². The van der Waals surface area contributed by atoms with E-state index >= 15 is 0 Å². The Hall–Kier alpha value is -4.01. The van der Waals surface area contributed by atoms with E-state index in [9.17, 15) is 4.79 Å². The maximum absolute atomic E-state index is 12.7. The molecule has 0 aliphatic carbocycles. The van der Waals surface area contributed by atoms with Crippen LogP contribution in [0.2, 0.25) is 0 Å². The first-order valence-corrected chi connectivity index (χ1v) is 12.6. The average molecular weight is 521 g/mol. The molecule has 1 aliphatic rings. The van der Waals surface area contributed by atoms with E-state index in [2.05, 4.69) is 35.9 Å². The molecule has 1 amide bonds. The van der Waals surface area contributed by atoms with Crippen LogP contribution in [0.15, 0.2) is 48.5 Å². The highest BCUT2D eigenvalue weighted by Crippen LogP contribution is 2.40. The SMILES string of the molecule is COc1cc(-c2ccc(N3CCN(C(=O)COc4ccc(C(C)(C)C)cc4)CC3)nn2)cc(OC)c1OC. The van der Waals surface area contributed by atoms with Gasteiger partial charge in [0, 0.05) is 31.7 Å². The van der Waals surface area contributed by atoms with Gasteiger partial charge in [0.2, 0.25) is 5.75 Å². The van der Waals surface area contributed by atoms with E-state index in [4.69, 9.17) is 18.9 Å². The second-order valence-corrected chi connectivity index (χ2v) is 10.1. The molecular weight excluding hydrogens is 484 g/mol. The zero-order valence-corrected chi connectivity index (χ0v) is 23.0. The molecule has 9 heteroatoms. The number of benzene rings is 2. The Bertz CT molecular complexity index is 1210. The summed E-state index contributed by atoms with van der Waals surface area (Å²) in [5, 5.41) is 8.86. The summed E-state index contributed by atoms with van der Waals surface area (Å²) in [7, 11) is 4.73. The molecule has 202 valence electrons. The van der Waals surface area contributed by atoms with Gasteiger partial charge in [-0.15, -0.1) is 10.2 Å². The number of rotatable bonds is 8. The fourth-order valence-corrected chi connectivity index (χ4v) is 4.35. The third-order valence-electron chi connectivity index (χ3n) is 6.65. The van der Waals surface area contributed by atoms with Gasteiger partial charge in [0.1, 0.15) is 5.75 Å². The first-order chi connectivity index (χ1) is 18.2. The van der Waals surface area contributed by atoms with Crippen molar-refractivity contribution in [2.24, 2.45) is 0 Å². The number of piperazine rings is 1. The summed E-state index contributed by atoms with van der Waals surface area (Å²) in [5.41, 5.74) is 2.80. The van der Waals surface area contributed by atoms with E-state index in [0.717, 1.165) is 11.4 Å². The van der Waals surface area contributed by atoms with Gasteiger partial charge in [-0.2, -0.15) is 0 Å². The average Bonchev–Trinajstić information content (AvgIpc) is 2.95. The van der Waals surface area contributed by atoms with Crippen LogP contribution < -0.4 is 23.8 Å². The Morgan fingerprint density at radius 3 is 1.97 bits per heavy atom. The minimum Gasteiger partial charge on any atom is -0.493 e. The van der Waals surface area contributed by atoms with Crippen molar-refractivity contribution in [2.75, 3.05) is 59.0 Å². The predicted molar refractivity (Wildman–Crippen MR) is 147 cm³/mol. The number of carbonyl (C=O) groups excluding carboxylic acids is 1. The summed E-state index contributed by atoms with van der Waals surface area (Å²) < 4.78 is 22.0. The van der Waals surface area contributed by atoms with Crippen molar-refractivity contribution in [1.29, 1.82) is 0 Å². The highest BCUT2D eigenvalue weighted by atomic mass is 16.5. The van der Waals surface area contributed by atoms with Gasteiger partial charge in [-0.25, -0.2) is 0 Å². The second kappa shape index (κ2) is 11.6. The standard InChI is InChI=1S/C29H36N4O5/c1-29(2,3)21-7-9-22(10-8-21)38-19-27(34)33-15-13-32(14-16-33)26-12-11-23(30-31-26)20-17-24(35-4)28(37-6)25(18-20)36-5/h7-12,17-18H,13-16,19H2,1-6H3. The fraction of sp³-hybridized carbons (Fsp3) is 0.414. The van der Waals surface area contributed by atoms with Crippen LogP contribution in [0.3, 0.4) is 0 Å². The van der Waals surface area contributed by atoms with Crippen LogP contribution >= 0.6 is 0 Å². The minimum absolute atomic E-state index is 0.0200. The van der Waals surface area contributed by atoms with Gasteiger partial charge in [0.25, 0.3) is 5.91 Å². The van der Waals surface area contributed by atoms with Gasteiger partial charge < -0.3 is 28.7 Å².